The number of allylic oxidation sites excluding steroid dienone is 4. The molecule has 9 heteroatoms. The van der Waals surface area contributed by atoms with Gasteiger partial charge in [-0.15, -0.1) is 23.2 Å². The summed E-state index contributed by atoms with van der Waals surface area (Å²) in [4.78, 5) is 26.5. The predicted octanol–water partition coefficient (Wildman–Crippen LogP) is 7.96. The van der Waals surface area contributed by atoms with E-state index in [-0.39, 0.29) is 17.6 Å². The Balaban J connectivity index is 0.922. The molecule has 49 heavy (non-hydrogen) atoms. The number of nitrogens with one attached hydrogen (secondary N) is 2. The van der Waals surface area contributed by atoms with Gasteiger partial charge in [0.15, 0.2) is 5.78 Å². The van der Waals surface area contributed by atoms with Gasteiger partial charge in [0.25, 0.3) is 0 Å². The maximum atomic E-state index is 12.2. The van der Waals surface area contributed by atoms with Crippen LogP contribution in [0.3, 0.4) is 0 Å². The van der Waals surface area contributed by atoms with Crippen LogP contribution in [0.15, 0.2) is 47.1 Å². The van der Waals surface area contributed by atoms with Crippen LogP contribution >= 0.6 is 23.2 Å². The number of aryl methyl sites for hydroxylation is 1. The lowest BCUT2D eigenvalue weighted by Crippen LogP contribution is -2.45. The van der Waals surface area contributed by atoms with E-state index in [9.17, 15) is 14.7 Å². The number of nitrogens with zero attached hydrogens (tertiary/aromatic N) is 1. The maximum absolute atomic E-state index is 12.2. The molecule has 0 spiro atoms. The van der Waals surface area contributed by atoms with Crippen LogP contribution in [0.25, 0.3) is 0 Å². The van der Waals surface area contributed by atoms with Crippen LogP contribution < -0.4 is 15.5 Å². The highest BCUT2D eigenvalue weighted by atomic mass is 35.5. The lowest BCUT2D eigenvalue weighted by Gasteiger charge is -2.52. The standard InChI is InChI=1S/C40H59Cl2N3O4/c1-40-28-31(38-34-16-14-33(46)27-30(34)11-15-35(38)36(40)17-18-37(40)47)8-4-2-3-5-21-43-23-26-49-39(48)44-22-6-7-29-9-12-32(13-10-29)45(24-19-41)25-20-42/h9-10,12-13,27,31,35-37,43,47H,2-8,11,14-26,28H2,1H3,(H,44,48)/t31-,35?,36?,37-,40-/m0/s1. The molecule has 2 unspecified atom stereocenters. The van der Waals surface area contributed by atoms with E-state index in [0.29, 0.717) is 61.4 Å². The van der Waals surface area contributed by atoms with Gasteiger partial charge in [0, 0.05) is 50.0 Å². The first-order chi connectivity index (χ1) is 23.8. The smallest absolute Gasteiger partial charge is 0.407 e. The van der Waals surface area contributed by atoms with E-state index >= 15 is 0 Å². The van der Waals surface area contributed by atoms with Gasteiger partial charge < -0.3 is 25.4 Å². The number of carbonyl (C=O) groups is 2. The summed E-state index contributed by atoms with van der Waals surface area (Å²) in [5.41, 5.74) is 6.94. The Kier molecular flexibility index (Phi) is 14.8. The topological polar surface area (TPSA) is 90.9 Å². The average Bonchev–Trinajstić information content (AvgIpc) is 3.40. The zero-order valence-electron chi connectivity index (χ0n) is 29.6. The van der Waals surface area contributed by atoms with Crippen LogP contribution in [0, 0.1) is 23.2 Å². The molecule has 1 aromatic carbocycles. The van der Waals surface area contributed by atoms with E-state index in [0.717, 1.165) is 83.1 Å². The van der Waals surface area contributed by atoms with Crippen LogP contribution in [0.4, 0.5) is 10.5 Å². The minimum atomic E-state index is -0.360. The van der Waals surface area contributed by atoms with Crippen LogP contribution in [0.2, 0.25) is 0 Å². The number of ether oxygens (including phenoxy) is 1. The molecule has 7 nitrogen and oxygen atoms in total. The quantitative estimate of drug-likeness (QED) is 0.0995. The molecule has 4 aliphatic rings. The van der Waals surface area contributed by atoms with Crippen molar-refractivity contribution < 1.29 is 19.4 Å². The third-order valence-corrected chi connectivity index (χ3v) is 12.2. The van der Waals surface area contributed by atoms with Gasteiger partial charge in [-0.3, -0.25) is 4.79 Å². The number of alkyl halides is 2. The molecule has 5 atom stereocenters. The van der Waals surface area contributed by atoms with E-state index in [4.69, 9.17) is 27.9 Å². The molecule has 2 saturated carbocycles. The van der Waals surface area contributed by atoms with E-state index in [1.165, 1.54) is 42.4 Å². The number of carbonyl (C=O) groups excluding carboxylic acids is 2. The molecule has 0 heterocycles. The Morgan fingerprint density at radius 3 is 2.51 bits per heavy atom. The number of anilines is 1. The van der Waals surface area contributed by atoms with Crippen molar-refractivity contribution in [3.8, 4) is 0 Å². The van der Waals surface area contributed by atoms with Crippen molar-refractivity contribution in [3.63, 3.8) is 0 Å². The summed E-state index contributed by atoms with van der Waals surface area (Å²) in [6, 6.07) is 8.46. The number of aliphatic hydroxyl groups excluding tert-OH is 1. The van der Waals surface area contributed by atoms with E-state index in [1.54, 1.807) is 5.57 Å². The van der Waals surface area contributed by atoms with Crippen molar-refractivity contribution in [2.45, 2.75) is 103 Å². The molecule has 2 fully saturated rings. The third kappa shape index (κ3) is 10.1. The summed E-state index contributed by atoms with van der Waals surface area (Å²) in [7, 11) is 0. The molecule has 5 rings (SSSR count). The number of fused-ring (bicyclic) bond motifs is 4. The van der Waals surface area contributed by atoms with E-state index in [1.807, 2.05) is 6.08 Å². The first kappa shape index (κ1) is 38.2. The van der Waals surface area contributed by atoms with Crippen molar-refractivity contribution in [3.05, 3.63) is 52.6 Å². The zero-order chi connectivity index (χ0) is 34.6. The Morgan fingerprint density at radius 1 is 0.959 bits per heavy atom. The predicted molar refractivity (Wildman–Crippen MR) is 201 cm³/mol. The number of alkyl carbamates (subject to hydrolysis) is 1. The molecule has 0 aromatic heterocycles. The van der Waals surface area contributed by atoms with E-state index in [2.05, 4.69) is 46.7 Å². The molecule has 0 radical (unpaired) electrons. The number of aliphatic hydroxyl groups is 1. The fourth-order valence-electron chi connectivity index (χ4n) is 9.38. The monoisotopic (exact) mass is 715 g/mol. The highest BCUT2D eigenvalue weighted by molar-refractivity contribution is 6.18. The maximum Gasteiger partial charge on any atom is 0.407 e. The number of amides is 1. The van der Waals surface area contributed by atoms with Gasteiger partial charge in [-0.2, -0.15) is 0 Å². The summed E-state index contributed by atoms with van der Waals surface area (Å²) in [5.74, 6) is 3.16. The second-order valence-electron chi connectivity index (χ2n) is 15.0. The minimum Gasteiger partial charge on any atom is -0.448 e. The molecule has 4 aliphatic carbocycles. The average molecular weight is 717 g/mol. The molecule has 0 aliphatic heterocycles. The summed E-state index contributed by atoms with van der Waals surface area (Å²) in [5, 5.41) is 17.3. The highest BCUT2D eigenvalue weighted by Crippen LogP contribution is 2.62. The molecule has 0 bridgehead atoms. The highest BCUT2D eigenvalue weighted by Gasteiger charge is 2.55. The Bertz CT molecular complexity index is 1290. The molecule has 272 valence electrons. The van der Waals surface area contributed by atoms with Crippen molar-refractivity contribution >= 4 is 40.8 Å². The molecule has 3 N–H and O–H groups in total. The lowest BCUT2D eigenvalue weighted by atomic mass is 9.53. The molecular formula is C40H59Cl2N3O4. The van der Waals surface area contributed by atoms with Crippen molar-refractivity contribution in [1.29, 1.82) is 0 Å². The summed E-state index contributed by atoms with van der Waals surface area (Å²) < 4.78 is 5.34. The van der Waals surface area contributed by atoms with Crippen molar-refractivity contribution in [1.82, 2.24) is 10.6 Å². The normalized spacial score (nSPS) is 26.1. The first-order valence-electron chi connectivity index (χ1n) is 19.1. The fraction of sp³-hybridized carbons (Fsp3) is 0.700. The van der Waals surface area contributed by atoms with Gasteiger partial charge in [-0.05, 0) is 129 Å². The number of halogens is 2. The van der Waals surface area contributed by atoms with Crippen molar-refractivity contribution in [2.75, 3.05) is 56.0 Å². The van der Waals surface area contributed by atoms with Crippen LogP contribution in [-0.4, -0.2) is 74.2 Å². The van der Waals surface area contributed by atoms with Gasteiger partial charge in [0.05, 0.1) is 6.10 Å². The van der Waals surface area contributed by atoms with Gasteiger partial charge >= 0.3 is 6.09 Å². The largest absolute Gasteiger partial charge is 0.448 e. The van der Waals surface area contributed by atoms with Gasteiger partial charge in [-0.25, -0.2) is 4.79 Å². The third-order valence-electron chi connectivity index (χ3n) is 11.9. The van der Waals surface area contributed by atoms with Crippen molar-refractivity contribution in [2.24, 2.45) is 23.2 Å². The fourth-order valence-corrected chi connectivity index (χ4v) is 9.79. The molecule has 1 amide bonds. The number of rotatable bonds is 19. The molecule has 1 aromatic rings. The first-order valence-corrected chi connectivity index (χ1v) is 20.1. The van der Waals surface area contributed by atoms with Crippen LogP contribution in [-0.2, 0) is 16.0 Å². The molecule has 0 saturated heterocycles. The SMILES string of the molecule is C[C@]12C[C@H](CCCCCCNCCOC(=O)NCCCc3ccc(N(CCCl)CCCl)cc3)C3=C4CCC(=O)C=C4CCC3C1CC[C@@H]2O. The second kappa shape index (κ2) is 19.0. The Labute approximate surface area is 304 Å². The number of ketones is 1. The lowest BCUT2D eigenvalue weighted by molar-refractivity contribution is -0.114. The minimum absolute atomic E-state index is 0.0409. The second-order valence-corrected chi connectivity index (χ2v) is 15.7. The Hall–Kier alpha value is -2.06. The summed E-state index contributed by atoms with van der Waals surface area (Å²) in [6.45, 7) is 6.43. The van der Waals surface area contributed by atoms with Gasteiger partial charge in [0.1, 0.15) is 6.61 Å². The number of hydrogen-bond acceptors (Lipinski definition) is 6. The Morgan fingerprint density at radius 2 is 1.73 bits per heavy atom. The number of hydrogen-bond donors (Lipinski definition) is 3. The van der Waals surface area contributed by atoms with Crippen LogP contribution in [0.5, 0.6) is 0 Å². The van der Waals surface area contributed by atoms with Crippen LogP contribution in [0.1, 0.15) is 96.0 Å². The summed E-state index contributed by atoms with van der Waals surface area (Å²) in [6.07, 6.45) is 16.0. The zero-order valence-corrected chi connectivity index (χ0v) is 31.1. The van der Waals surface area contributed by atoms with Gasteiger partial charge in [-0.1, -0.05) is 43.9 Å². The number of unbranched alkanes of at least 4 members (excludes halogenated alkanes) is 3. The van der Waals surface area contributed by atoms with Gasteiger partial charge in [0.2, 0.25) is 0 Å². The molecular weight excluding hydrogens is 657 g/mol. The number of benzene rings is 1. The summed E-state index contributed by atoms with van der Waals surface area (Å²) >= 11 is 11.8. The van der Waals surface area contributed by atoms with E-state index < -0.39 is 0 Å².